The molecular weight excluding hydrogens is 380 g/mol. The molecule has 1 saturated heterocycles. The fraction of sp³-hybridized carbons (Fsp3) is 0.417. The number of benzene rings is 2. The van der Waals surface area contributed by atoms with Gasteiger partial charge in [0.25, 0.3) is 5.91 Å². The van der Waals surface area contributed by atoms with E-state index in [0.717, 1.165) is 11.1 Å². The third-order valence-corrected chi connectivity index (χ3v) is 6.55. The Morgan fingerprint density at radius 2 is 1.73 bits per heavy atom. The smallest absolute Gasteiger partial charge is 0.489 e. The molecule has 1 aliphatic rings. The number of nitrogens with zero attached hydrogens (tertiary/aromatic N) is 1. The molecule has 2 amide bonds. The zero-order chi connectivity index (χ0) is 22.2. The Bertz CT molecular complexity index is 920. The van der Waals surface area contributed by atoms with Crippen LogP contribution >= 0.6 is 0 Å². The summed E-state index contributed by atoms with van der Waals surface area (Å²) in [4.78, 5) is 25.2. The molecule has 6 nitrogen and oxygen atoms in total. The summed E-state index contributed by atoms with van der Waals surface area (Å²) in [5.74, 6) is 0.132. The number of rotatable bonds is 5. The molecule has 1 fully saturated rings. The van der Waals surface area contributed by atoms with Crippen LogP contribution in [0.4, 0.5) is 4.79 Å². The fourth-order valence-corrected chi connectivity index (χ4v) is 5.19. The summed E-state index contributed by atoms with van der Waals surface area (Å²) in [6, 6.07) is 17.0. The van der Waals surface area contributed by atoms with Gasteiger partial charge in [0, 0.05) is 25.3 Å². The first-order valence-corrected chi connectivity index (χ1v) is 10.2. The van der Waals surface area contributed by atoms with Gasteiger partial charge in [-0.25, -0.2) is 0 Å². The van der Waals surface area contributed by atoms with Gasteiger partial charge >= 0.3 is 6.09 Å². The first kappa shape index (κ1) is 21.8. The first-order chi connectivity index (χ1) is 14.0. The van der Waals surface area contributed by atoms with Gasteiger partial charge in [-0.1, -0.05) is 30.3 Å². The van der Waals surface area contributed by atoms with Gasteiger partial charge in [0.15, 0.2) is 5.54 Å². The molecule has 0 bridgehead atoms. The molecule has 1 heterocycles. The van der Waals surface area contributed by atoms with Crippen molar-refractivity contribution < 1.29 is 23.9 Å². The summed E-state index contributed by atoms with van der Waals surface area (Å²) in [5, 5.41) is 10.4. The summed E-state index contributed by atoms with van der Waals surface area (Å²) in [6.07, 6.45) is -0.0496. The maximum absolute atomic E-state index is 12.7. The summed E-state index contributed by atoms with van der Waals surface area (Å²) >= 11 is 0. The lowest BCUT2D eigenvalue weighted by Gasteiger charge is -2.52. The van der Waals surface area contributed by atoms with Crippen LogP contribution in [0.3, 0.4) is 0 Å². The first-order valence-electron chi connectivity index (χ1n) is 10.2. The van der Waals surface area contributed by atoms with E-state index < -0.39 is 27.6 Å². The van der Waals surface area contributed by atoms with Gasteiger partial charge in [-0.15, -0.1) is 0 Å². The highest BCUT2D eigenvalue weighted by Crippen LogP contribution is 2.55. The predicted octanol–water partition coefficient (Wildman–Crippen LogP) is 4.64. The van der Waals surface area contributed by atoms with Crippen molar-refractivity contribution in [3.8, 4) is 5.75 Å². The molecule has 3 rings (SSSR count). The number of likely N-dealkylation sites (tertiary alicyclic amines) is 1. The van der Waals surface area contributed by atoms with Crippen molar-refractivity contribution in [2.75, 3.05) is 0 Å². The molecule has 2 aromatic rings. The van der Waals surface area contributed by atoms with Gasteiger partial charge in [0.05, 0.1) is 0 Å². The van der Waals surface area contributed by atoms with E-state index in [1.54, 1.807) is 6.92 Å². The highest BCUT2D eigenvalue weighted by molar-refractivity contribution is 5.85. The van der Waals surface area contributed by atoms with E-state index in [9.17, 15) is 14.7 Å². The van der Waals surface area contributed by atoms with Crippen LogP contribution in [0.2, 0.25) is 0 Å². The van der Waals surface area contributed by atoms with Crippen molar-refractivity contribution in [2.24, 2.45) is 5.73 Å². The van der Waals surface area contributed by atoms with Gasteiger partial charge in [-0.05, 0) is 50.6 Å². The Balaban J connectivity index is 1.93. The van der Waals surface area contributed by atoms with Crippen LogP contribution in [0.15, 0.2) is 54.6 Å². The normalized spacial score (nSPS) is 26.3. The Kier molecular flexibility index (Phi) is 5.65. The lowest BCUT2D eigenvalue weighted by molar-refractivity contribution is -0.954. The lowest BCUT2D eigenvalue weighted by Crippen LogP contribution is -2.74. The zero-order valence-corrected chi connectivity index (χ0v) is 18.1. The zero-order valence-electron chi connectivity index (χ0n) is 18.1. The molecule has 2 aromatic carbocycles. The molecule has 0 saturated carbocycles. The number of ether oxygens (including phenoxy) is 1. The van der Waals surface area contributed by atoms with Crippen molar-refractivity contribution in [3.05, 3.63) is 65.7 Å². The van der Waals surface area contributed by atoms with Crippen LogP contribution in [-0.4, -0.2) is 32.7 Å². The molecule has 1 aliphatic heterocycles. The van der Waals surface area contributed by atoms with Crippen LogP contribution < -0.4 is 10.5 Å². The molecule has 3 N–H and O–H groups in total. The molecule has 3 atom stereocenters. The van der Waals surface area contributed by atoms with E-state index >= 15 is 0 Å². The van der Waals surface area contributed by atoms with Crippen molar-refractivity contribution in [1.82, 2.24) is 0 Å². The summed E-state index contributed by atoms with van der Waals surface area (Å²) in [6.45, 7) is 7.72. The largest absolute Gasteiger partial charge is 0.515 e. The second-order valence-corrected chi connectivity index (χ2v) is 9.21. The number of hydrogen-bond donors (Lipinski definition) is 2. The van der Waals surface area contributed by atoms with Crippen LogP contribution in [0.25, 0.3) is 0 Å². The molecule has 0 spiro atoms. The molecule has 0 aliphatic carbocycles. The predicted molar refractivity (Wildman–Crippen MR) is 115 cm³/mol. The average molecular weight is 412 g/mol. The summed E-state index contributed by atoms with van der Waals surface area (Å²) in [7, 11) is 0. The van der Waals surface area contributed by atoms with E-state index in [2.05, 4.69) is 0 Å². The monoisotopic (exact) mass is 411 g/mol. The minimum absolute atomic E-state index is 0.386. The van der Waals surface area contributed by atoms with Gasteiger partial charge in [-0.3, -0.25) is 4.79 Å². The highest BCUT2D eigenvalue weighted by atomic mass is 16.5. The SMILES string of the molecule is CC(C)(C)[N+]1(C(=O)O)[C@H](c2ccc(OCc3ccccc3)cc2)CC[C@]1(C)C(N)=O. The van der Waals surface area contributed by atoms with Crippen molar-refractivity contribution in [3.63, 3.8) is 0 Å². The maximum Gasteiger partial charge on any atom is 0.515 e. The summed E-state index contributed by atoms with van der Waals surface area (Å²) in [5.41, 5.74) is 5.77. The number of quaternary nitrogens is 1. The van der Waals surface area contributed by atoms with E-state index in [1.807, 2.05) is 75.4 Å². The average Bonchev–Trinajstić information content (AvgIpc) is 3.03. The third-order valence-electron chi connectivity index (χ3n) is 6.55. The third kappa shape index (κ3) is 3.35. The van der Waals surface area contributed by atoms with E-state index in [4.69, 9.17) is 10.5 Å². The van der Waals surface area contributed by atoms with Gasteiger partial charge in [-0.2, -0.15) is 9.28 Å². The van der Waals surface area contributed by atoms with Crippen LogP contribution in [0, 0.1) is 0 Å². The maximum atomic E-state index is 12.7. The molecule has 30 heavy (non-hydrogen) atoms. The Morgan fingerprint density at radius 3 is 2.23 bits per heavy atom. The second kappa shape index (κ2) is 7.76. The van der Waals surface area contributed by atoms with Crippen LogP contribution in [-0.2, 0) is 11.4 Å². The van der Waals surface area contributed by atoms with Gasteiger partial charge < -0.3 is 15.6 Å². The number of amides is 2. The lowest BCUT2D eigenvalue weighted by atomic mass is 9.87. The number of carbonyl (C=O) groups is 2. The van der Waals surface area contributed by atoms with Gasteiger partial charge in [0.2, 0.25) is 0 Å². The van der Waals surface area contributed by atoms with Crippen molar-refractivity contribution >= 4 is 12.0 Å². The number of carbonyl (C=O) groups excluding carboxylic acids is 1. The quantitative estimate of drug-likeness (QED) is 0.702. The van der Waals surface area contributed by atoms with E-state index in [1.165, 1.54) is 0 Å². The minimum Gasteiger partial charge on any atom is -0.489 e. The minimum atomic E-state index is -1.20. The van der Waals surface area contributed by atoms with Gasteiger partial charge in [0.1, 0.15) is 23.9 Å². The highest BCUT2D eigenvalue weighted by Gasteiger charge is 2.71. The van der Waals surface area contributed by atoms with E-state index in [-0.39, 0.29) is 6.04 Å². The molecule has 1 unspecified atom stereocenters. The standard InChI is InChI=1S/C24H30N2O4/c1-23(2,3)26(22(28)29)20(14-15-24(26,4)21(25)27)18-10-12-19(13-11-18)30-16-17-8-6-5-7-9-17/h5-13,20H,14-16H2,1-4H3,(H2-,25,27,28,29)/p+1/t20-,24+,26?/m0/s1. The van der Waals surface area contributed by atoms with Crippen LogP contribution in [0.1, 0.15) is 57.7 Å². The number of primary amides is 1. The molecule has 160 valence electrons. The fourth-order valence-electron chi connectivity index (χ4n) is 5.19. The van der Waals surface area contributed by atoms with Crippen molar-refractivity contribution in [2.45, 2.75) is 64.3 Å². The Morgan fingerprint density at radius 1 is 1.13 bits per heavy atom. The van der Waals surface area contributed by atoms with Crippen molar-refractivity contribution in [1.29, 1.82) is 0 Å². The number of hydrogen-bond acceptors (Lipinski definition) is 3. The number of nitrogens with two attached hydrogens (primary N) is 1. The van der Waals surface area contributed by atoms with Crippen LogP contribution in [0.5, 0.6) is 5.75 Å². The molecule has 0 aromatic heterocycles. The van der Waals surface area contributed by atoms with E-state index in [0.29, 0.717) is 25.2 Å². The summed E-state index contributed by atoms with van der Waals surface area (Å²) < 4.78 is 5.44. The Hall–Kier alpha value is -2.86. The number of carboxylic acid groups (broad SMARTS) is 1. The second-order valence-electron chi connectivity index (χ2n) is 9.21. The molecule has 6 heteroatoms. The topological polar surface area (TPSA) is 89.6 Å². The molecule has 0 radical (unpaired) electrons. The molecular formula is C24H31N2O4+. The Labute approximate surface area is 177 Å².